The van der Waals surface area contributed by atoms with E-state index in [0.717, 1.165) is 21.4 Å². The van der Waals surface area contributed by atoms with Gasteiger partial charge in [0.1, 0.15) is 17.8 Å². The van der Waals surface area contributed by atoms with Crippen molar-refractivity contribution in [3.05, 3.63) is 64.4 Å². The first kappa shape index (κ1) is 23.8. The Hall–Kier alpha value is -3.92. The van der Waals surface area contributed by atoms with Gasteiger partial charge in [-0.15, -0.1) is 11.3 Å². The van der Waals surface area contributed by atoms with E-state index in [2.05, 4.69) is 5.32 Å². The number of amides is 5. The first-order valence-corrected chi connectivity index (χ1v) is 12.5. The summed E-state index contributed by atoms with van der Waals surface area (Å²) in [4.78, 5) is 56.6. The van der Waals surface area contributed by atoms with Gasteiger partial charge in [0.15, 0.2) is 0 Å². The summed E-state index contributed by atoms with van der Waals surface area (Å²) >= 11 is 1.39. The molecule has 36 heavy (non-hydrogen) atoms. The second-order valence-electron chi connectivity index (χ2n) is 9.02. The van der Waals surface area contributed by atoms with E-state index in [1.54, 1.807) is 36.0 Å². The van der Waals surface area contributed by atoms with Crippen LogP contribution in [0.15, 0.2) is 53.9 Å². The standard InChI is InChI=1S/C26H26N4O5S/c1-26(19-7-5-18-15-20(35-2)8-6-17(18)14-19)24(33)30(25(34)27-26)16-22(31)28-9-11-29(12-10-28)23(32)21-4-3-13-36-21/h3-8,13-15H,9-12,16H2,1-2H3,(H,27,34). The molecule has 3 aromatic rings. The van der Waals surface area contributed by atoms with Crippen molar-refractivity contribution in [3.63, 3.8) is 0 Å². The molecule has 1 unspecified atom stereocenters. The lowest BCUT2D eigenvalue weighted by Gasteiger charge is -2.35. The molecule has 0 spiro atoms. The number of methoxy groups -OCH3 is 1. The minimum absolute atomic E-state index is 0.0456. The van der Waals surface area contributed by atoms with Crippen LogP contribution in [0.3, 0.4) is 0 Å². The minimum atomic E-state index is -1.28. The first-order valence-electron chi connectivity index (χ1n) is 11.6. The van der Waals surface area contributed by atoms with E-state index in [1.807, 2.05) is 41.8 Å². The molecule has 0 saturated carbocycles. The summed E-state index contributed by atoms with van der Waals surface area (Å²) in [5, 5.41) is 6.48. The third-order valence-corrected chi connectivity index (χ3v) is 7.70. The monoisotopic (exact) mass is 506 g/mol. The number of ether oxygens (including phenoxy) is 1. The molecule has 2 aliphatic rings. The fourth-order valence-electron chi connectivity index (χ4n) is 4.65. The molecule has 3 heterocycles. The third-order valence-electron chi connectivity index (χ3n) is 6.84. The number of fused-ring (bicyclic) bond motifs is 1. The zero-order valence-electron chi connectivity index (χ0n) is 20.0. The van der Waals surface area contributed by atoms with Crippen LogP contribution in [0.25, 0.3) is 10.8 Å². The average molecular weight is 507 g/mol. The molecular weight excluding hydrogens is 480 g/mol. The predicted octanol–water partition coefficient (Wildman–Crippen LogP) is 2.66. The number of carbonyl (C=O) groups is 4. The number of hydrogen-bond acceptors (Lipinski definition) is 6. The molecule has 2 aliphatic heterocycles. The predicted molar refractivity (Wildman–Crippen MR) is 135 cm³/mol. The molecule has 2 saturated heterocycles. The van der Waals surface area contributed by atoms with Crippen LogP contribution in [0.5, 0.6) is 5.75 Å². The number of thiophene rings is 1. The second kappa shape index (κ2) is 9.27. The normalized spacial score (nSPS) is 20.1. The van der Waals surface area contributed by atoms with Crippen molar-refractivity contribution in [2.24, 2.45) is 0 Å². The number of rotatable bonds is 5. The topological polar surface area (TPSA) is 99.3 Å². The van der Waals surface area contributed by atoms with Crippen LogP contribution in [0.2, 0.25) is 0 Å². The van der Waals surface area contributed by atoms with Gasteiger partial charge in [0.25, 0.3) is 11.8 Å². The number of carbonyl (C=O) groups excluding carboxylic acids is 4. The van der Waals surface area contributed by atoms with Gasteiger partial charge in [0.05, 0.1) is 12.0 Å². The van der Waals surface area contributed by atoms with Crippen LogP contribution in [0, 0.1) is 0 Å². The van der Waals surface area contributed by atoms with Crippen LogP contribution in [-0.4, -0.2) is 78.3 Å². The van der Waals surface area contributed by atoms with E-state index in [-0.39, 0.29) is 18.4 Å². The summed E-state index contributed by atoms with van der Waals surface area (Å²) in [6, 6.07) is 14.2. The highest BCUT2D eigenvalue weighted by atomic mass is 32.1. The number of nitrogens with one attached hydrogen (secondary N) is 1. The maximum atomic E-state index is 13.4. The van der Waals surface area contributed by atoms with Crippen LogP contribution in [0.4, 0.5) is 4.79 Å². The maximum Gasteiger partial charge on any atom is 0.325 e. The molecule has 5 rings (SSSR count). The average Bonchev–Trinajstić information content (AvgIpc) is 3.51. The van der Waals surface area contributed by atoms with Gasteiger partial charge < -0.3 is 19.9 Å². The lowest BCUT2D eigenvalue weighted by molar-refractivity contribution is -0.139. The lowest BCUT2D eigenvalue weighted by Crippen LogP contribution is -2.53. The number of hydrogen-bond donors (Lipinski definition) is 1. The molecule has 1 aromatic heterocycles. The van der Waals surface area contributed by atoms with Crippen LogP contribution < -0.4 is 10.1 Å². The second-order valence-corrected chi connectivity index (χ2v) is 9.97. The van der Waals surface area contributed by atoms with E-state index in [0.29, 0.717) is 36.6 Å². The molecule has 0 bridgehead atoms. The Labute approximate surface area is 212 Å². The van der Waals surface area contributed by atoms with Gasteiger partial charge >= 0.3 is 6.03 Å². The van der Waals surface area contributed by atoms with Gasteiger partial charge in [0, 0.05) is 26.2 Å². The summed E-state index contributed by atoms with van der Waals surface area (Å²) in [5.41, 5.74) is -0.647. The van der Waals surface area contributed by atoms with Gasteiger partial charge in [-0.05, 0) is 52.9 Å². The molecule has 186 valence electrons. The van der Waals surface area contributed by atoms with Crippen molar-refractivity contribution in [2.45, 2.75) is 12.5 Å². The lowest BCUT2D eigenvalue weighted by atomic mass is 9.90. The van der Waals surface area contributed by atoms with Gasteiger partial charge in [0.2, 0.25) is 5.91 Å². The number of piperazine rings is 1. The van der Waals surface area contributed by atoms with Crippen molar-refractivity contribution in [2.75, 3.05) is 39.8 Å². The van der Waals surface area contributed by atoms with Crippen molar-refractivity contribution in [1.29, 1.82) is 0 Å². The summed E-state index contributed by atoms with van der Waals surface area (Å²) in [6.07, 6.45) is 0. The molecule has 0 aliphatic carbocycles. The number of imide groups is 1. The molecule has 0 radical (unpaired) electrons. The largest absolute Gasteiger partial charge is 0.497 e. The maximum absolute atomic E-state index is 13.4. The smallest absolute Gasteiger partial charge is 0.325 e. The Balaban J connectivity index is 1.25. The van der Waals surface area contributed by atoms with Crippen molar-refractivity contribution < 1.29 is 23.9 Å². The minimum Gasteiger partial charge on any atom is -0.497 e. The van der Waals surface area contributed by atoms with E-state index in [9.17, 15) is 19.2 Å². The zero-order chi connectivity index (χ0) is 25.4. The van der Waals surface area contributed by atoms with Crippen LogP contribution >= 0.6 is 11.3 Å². The Morgan fingerprint density at radius 1 is 1.00 bits per heavy atom. The van der Waals surface area contributed by atoms with Gasteiger partial charge in [-0.2, -0.15) is 0 Å². The highest BCUT2D eigenvalue weighted by molar-refractivity contribution is 7.12. The highest BCUT2D eigenvalue weighted by Crippen LogP contribution is 2.32. The van der Waals surface area contributed by atoms with Crippen molar-refractivity contribution in [3.8, 4) is 5.75 Å². The highest BCUT2D eigenvalue weighted by Gasteiger charge is 2.49. The van der Waals surface area contributed by atoms with Crippen LogP contribution in [0.1, 0.15) is 22.2 Å². The van der Waals surface area contributed by atoms with Gasteiger partial charge in [-0.1, -0.05) is 24.3 Å². The van der Waals surface area contributed by atoms with E-state index in [1.165, 1.54) is 11.3 Å². The molecule has 5 amide bonds. The molecule has 1 atom stereocenters. The fourth-order valence-corrected chi connectivity index (χ4v) is 5.34. The summed E-state index contributed by atoms with van der Waals surface area (Å²) < 4.78 is 5.27. The molecule has 9 nitrogen and oxygen atoms in total. The Kier molecular flexibility index (Phi) is 6.13. The van der Waals surface area contributed by atoms with Gasteiger partial charge in [-0.25, -0.2) is 4.79 Å². The summed E-state index contributed by atoms with van der Waals surface area (Å²) in [6.45, 7) is 2.82. The van der Waals surface area contributed by atoms with Crippen molar-refractivity contribution in [1.82, 2.24) is 20.0 Å². The number of benzene rings is 2. The first-order chi connectivity index (χ1) is 17.3. The summed E-state index contributed by atoms with van der Waals surface area (Å²) in [5.74, 6) is -0.110. The molecular formula is C26H26N4O5S. The van der Waals surface area contributed by atoms with Gasteiger partial charge in [-0.3, -0.25) is 19.3 Å². The van der Waals surface area contributed by atoms with Crippen molar-refractivity contribution >= 4 is 45.9 Å². The van der Waals surface area contributed by atoms with E-state index >= 15 is 0 Å². The Bertz CT molecular complexity index is 1350. The summed E-state index contributed by atoms with van der Waals surface area (Å²) in [7, 11) is 1.60. The third kappa shape index (κ3) is 4.17. The number of urea groups is 1. The molecule has 2 aromatic carbocycles. The fraction of sp³-hybridized carbons (Fsp3) is 0.308. The Morgan fingerprint density at radius 2 is 1.69 bits per heavy atom. The van der Waals surface area contributed by atoms with Crippen LogP contribution in [-0.2, 0) is 15.1 Å². The Morgan fingerprint density at radius 3 is 2.39 bits per heavy atom. The molecule has 1 N–H and O–H groups in total. The van der Waals surface area contributed by atoms with E-state index < -0.39 is 17.5 Å². The van der Waals surface area contributed by atoms with E-state index in [4.69, 9.17) is 4.74 Å². The molecule has 10 heteroatoms. The SMILES string of the molecule is COc1ccc2cc(C3(C)NC(=O)N(CC(=O)N4CCN(C(=O)c5cccs5)CC4)C3=O)ccc2c1. The molecule has 2 fully saturated rings. The quantitative estimate of drug-likeness (QED) is 0.537. The number of nitrogens with zero attached hydrogens (tertiary/aromatic N) is 3. The zero-order valence-corrected chi connectivity index (χ0v) is 20.8.